The van der Waals surface area contributed by atoms with E-state index in [-0.39, 0.29) is 24.6 Å². The molecule has 1 aliphatic heterocycles. The first-order valence-electron chi connectivity index (χ1n) is 8.53. The van der Waals surface area contributed by atoms with Gasteiger partial charge in [-0.3, -0.25) is 9.59 Å². The van der Waals surface area contributed by atoms with E-state index in [4.69, 9.17) is 4.74 Å². The van der Waals surface area contributed by atoms with Gasteiger partial charge < -0.3 is 15.0 Å². The highest BCUT2D eigenvalue weighted by Gasteiger charge is 2.24. The summed E-state index contributed by atoms with van der Waals surface area (Å²) in [5.41, 5.74) is 1.65. The fraction of sp³-hybridized carbons (Fsp3) is 0.333. The molecule has 2 amide bonds. The molecular formula is C18H19BrN4O4. The van der Waals surface area contributed by atoms with E-state index >= 15 is 0 Å². The Labute approximate surface area is 164 Å². The predicted octanol–water partition coefficient (Wildman–Crippen LogP) is 2.16. The summed E-state index contributed by atoms with van der Waals surface area (Å²) in [6.45, 7) is 2.61. The second-order valence-electron chi connectivity index (χ2n) is 6.04. The van der Waals surface area contributed by atoms with Crippen molar-refractivity contribution in [1.29, 1.82) is 0 Å². The molecule has 9 heteroatoms. The smallest absolute Gasteiger partial charge is 0.410 e. The minimum atomic E-state index is -0.402. The van der Waals surface area contributed by atoms with Crippen LogP contribution in [0.1, 0.15) is 18.2 Å². The Kier molecular flexibility index (Phi) is 5.90. The molecule has 1 aliphatic rings. The van der Waals surface area contributed by atoms with Crippen molar-refractivity contribution in [2.45, 2.75) is 26.4 Å². The maximum absolute atomic E-state index is 12.3. The molecule has 0 saturated carbocycles. The standard InChI is InChI=1S/C18H19BrN4O4/c1-2-27-18(26)22-8-7-15-12(10-22)9-17(25)23(21-15)11-16(24)20-14-5-3-13(19)4-6-14/h3-6,9H,2,7-8,10-11H2,1H3,(H,20,24). The summed E-state index contributed by atoms with van der Waals surface area (Å²) in [6.07, 6.45) is 0.101. The Balaban J connectivity index is 1.69. The Morgan fingerprint density at radius 2 is 2.04 bits per heavy atom. The summed E-state index contributed by atoms with van der Waals surface area (Å²) in [6, 6.07) is 8.58. The van der Waals surface area contributed by atoms with Crippen LogP contribution in [0.25, 0.3) is 0 Å². The number of nitrogens with zero attached hydrogens (tertiary/aromatic N) is 3. The molecule has 0 bridgehead atoms. The minimum Gasteiger partial charge on any atom is -0.450 e. The van der Waals surface area contributed by atoms with Crippen LogP contribution in [0.15, 0.2) is 39.6 Å². The quantitative estimate of drug-likeness (QED) is 0.795. The number of amides is 2. The van der Waals surface area contributed by atoms with E-state index in [0.717, 1.165) is 9.15 Å². The molecule has 0 unspecified atom stereocenters. The van der Waals surface area contributed by atoms with Crippen LogP contribution >= 0.6 is 15.9 Å². The van der Waals surface area contributed by atoms with Gasteiger partial charge in [0.25, 0.3) is 5.56 Å². The topological polar surface area (TPSA) is 93.5 Å². The number of rotatable bonds is 4. The van der Waals surface area contributed by atoms with Crippen molar-refractivity contribution >= 4 is 33.6 Å². The number of aromatic nitrogens is 2. The van der Waals surface area contributed by atoms with Crippen molar-refractivity contribution in [3.8, 4) is 0 Å². The van der Waals surface area contributed by atoms with Gasteiger partial charge in [0, 0.05) is 34.8 Å². The lowest BCUT2D eigenvalue weighted by Gasteiger charge is -2.27. The molecular weight excluding hydrogens is 416 g/mol. The van der Waals surface area contributed by atoms with Crippen LogP contribution in [-0.2, 0) is 29.0 Å². The van der Waals surface area contributed by atoms with Crippen molar-refractivity contribution in [3.63, 3.8) is 0 Å². The molecule has 0 fully saturated rings. The normalized spacial score (nSPS) is 13.0. The van der Waals surface area contributed by atoms with Gasteiger partial charge >= 0.3 is 6.09 Å². The summed E-state index contributed by atoms with van der Waals surface area (Å²) in [4.78, 5) is 37.9. The highest BCUT2D eigenvalue weighted by atomic mass is 79.9. The first-order valence-corrected chi connectivity index (χ1v) is 9.32. The number of nitrogens with one attached hydrogen (secondary N) is 1. The molecule has 3 rings (SSSR count). The van der Waals surface area contributed by atoms with Gasteiger partial charge in [-0.1, -0.05) is 15.9 Å². The number of benzene rings is 1. The second-order valence-corrected chi connectivity index (χ2v) is 6.95. The molecule has 27 heavy (non-hydrogen) atoms. The first kappa shape index (κ1) is 19.1. The zero-order valence-corrected chi connectivity index (χ0v) is 16.4. The molecule has 2 heterocycles. The van der Waals surface area contributed by atoms with E-state index in [1.807, 2.05) is 12.1 Å². The van der Waals surface area contributed by atoms with E-state index in [0.29, 0.717) is 36.5 Å². The molecule has 1 N–H and O–H groups in total. The Morgan fingerprint density at radius 3 is 2.74 bits per heavy atom. The van der Waals surface area contributed by atoms with Crippen molar-refractivity contribution in [1.82, 2.24) is 14.7 Å². The minimum absolute atomic E-state index is 0.177. The van der Waals surface area contributed by atoms with Crippen molar-refractivity contribution in [2.75, 3.05) is 18.5 Å². The summed E-state index contributed by atoms with van der Waals surface area (Å²) < 4.78 is 7.05. The maximum atomic E-state index is 12.3. The van der Waals surface area contributed by atoms with E-state index in [1.165, 1.54) is 11.0 Å². The summed E-state index contributed by atoms with van der Waals surface area (Å²) in [5, 5.41) is 7.04. The van der Waals surface area contributed by atoms with Gasteiger partial charge in [0.05, 0.1) is 18.8 Å². The zero-order valence-electron chi connectivity index (χ0n) is 14.8. The van der Waals surface area contributed by atoms with Crippen LogP contribution in [0.3, 0.4) is 0 Å². The van der Waals surface area contributed by atoms with Gasteiger partial charge in [-0.15, -0.1) is 0 Å². The Morgan fingerprint density at radius 1 is 1.30 bits per heavy atom. The molecule has 142 valence electrons. The van der Waals surface area contributed by atoms with Gasteiger partial charge in [-0.25, -0.2) is 9.48 Å². The molecule has 0 spiro atoms. The summed E-state index contributed by atoms with van der Waals surface area (Å²) >= 11 is 3.33. The fourth-order valence-corrected chi connectivity index (χ4v) is 3.06. The third kappa shape index (κ3) is 4.73. The highest BCUT2D eigenvalue weighted by molar-refractivity contribution is 9.10. The number of halogens is 1. The third-order valence-electron chi connectivity index (χ3n) is 4.09. The van der Waals surface area contributed by atoms with Crippen molar-refractivity contribution in [3.05, 3.63) is 56.4 Å². The molecule has 8 nitrogen and oxygen atoms in total. The Bertz CT molecular complexity index is 911. The second kappa shape index (κ2) is 8.34. The molecule has 1 aromatic heterocycles. The van der Waals surface area contributed by atoms with Gasteiger partial charge in [0.15, 0.2) is 0 Å². The highest BCUT2D eigenvalue weighted by Crippen LogP contribution is 2.16. The molecule has 0 aliphatic carbocycles. The number of fused-ring (bicyclic) bond motifs is 1. The van der Waals surface area contributed by atoms with Gasteiger partial charge in [-0.2, -0.15) is 5.10 Å². The molecule has 2 aromatic rings. The molecule has 0 atom stereocenters. The van der Waals surface area contributed by atoms with Crippen LogP contribution in [-0.4, -0.2) is 39.8 Å². The number of hydrogen-bond donors (Lipinski definition) is 1. The maximum Gasteiger partial charge on any atom is 0.410 e. The van der Waals surface area contributed by atoms with E-state index in [1.54, 1.807) is 19.1 Å². The van der Waals surface area contributed by atoms with E-state index in [2.05, 4.69) is 26.3 Å². The lowest BCUT2D eigenvalue weighted by molar-refractivity contribution is -0.117. The van der Waals surface area contributed by atoms with Gasteiger partial charge in [-0.05, 0) is 31.2 Å². The van der Waals surface area contributed by atoms with E-state index < -0.39 is 6.09 Å². The number of carbonyl (C=O) groups excluding carboxylic acids is 2. The summed E-state index contributed by atoms with van der Waals surface area (Å²) in [7, 11) is 0. The van der Waals surface area contributed by atoms with Crippen molar-refractivity contribution < 1.29 is 14.3 Å². The lowest BCUT2D eigenvalue weighted by Crippen LogP contribution is -2.39. The average molecular weight is 435 g/mol. The van der Waals surface area contributed by atoms with Crippen molar-refractivity contribution in [2.24, 2.45) is 0 Å². The van der Waals surface area contributed by atoms with Crippen LogP contribution in [0.4, 0.5) is 10.5 Å². The number of ether oxygens (including phenoxy) is 1. The van der Waals surface area contributed by atoms with Crippen LogP contribution < -0.4 is 10.9 Å². The van der Waals surface area contributed by atoms with Crippen LogP contribution in [0, 0.1) is 0 Å². The fourth-order valence-electron chi connectivity index (χ4n) is 2.79. The van der Waals surface area contributed by atoms with Gasteiger partial charge in [0.2, 0.25) is 5.91 Å². The first-order chi connectivity index (χ1) is 13.0. The predicted molar refractivity (Wildman–Crippen MR) is 102 cm³/mol. The summed E-state index contributed by atoms with van der Waals surface area (Å²) in [5.74, 6) is -0.337. The Hall–Kier alpha value is -2.68. The van der Waals surface area contributed by atoms with Crippen LogP contribution in [0.5, 0.6) is 0 Å². The number of anilines is 1. The number of carbonyl (C=O) groups is 2. The molecule has 0 saturated heterocycles. The molecule has 0 radical (unpaired) electrons. The van der Waals surface area contributed by atoms with Gasteiger partial charge in [0.1, 0.15) is 6.54 Å². The third-order valence-corrected chi connectivity index (χ3v) is 4.62. The number of hydrogen-bond acceptors (Lipinski definition) is 5. The molecule has 1 aromatic carbocycles. The lowest BCUT2D eigenvalue weighted by atomic mass is 10.1. The largest absolute Gasteiger partial charge is 0.450 e. The van der Waals surface area contributed by atoms with Crippen LogP contribution in [0.2, 0.25) is 0 Å². The van der Waals surface area contributed by atoms with E-state index in [9.17, 15) is 14.4 Å². The SMILES string of the molecule is CCOC(=O)N1CCc2nn(CC(=O)Nc3ccc(Br)cc3)c(=O)cc2C1. The average Bonchev–Trinajstić information content (AvgIpc) is 2.64. The monoisotopic (exact) mass is 434 g/mol. The zero-order chi connectivity index (χ0) is 19.4.